The maximum atomic E-state index is 11.9. The standard InChI is InChI=1S/C23H19Cl3N2O4/c1-30-21-11-16(7-10-19(21)31-13-15-5-8-17(24)9-6-15)12-27-28-22(29)14-32-20-4-2-3-18(25)23(20)26/h2-12H,13-14H2,1H3,(H,28,29)/b27-12-. The van der Waals surface area contributed by atoms with Gasteiger partial charge in [-0.3, -0.25) is 4.79 Å². The van der Waals surface area contributed by atoms with Crippen LogP contribution in [-0.2, 0) is 11.4 Å². The molecule has 166 valence electrons. The fraction of sp³-hybridized carbons (Fsp3) is 0.130. The van der Waals surface area contributed by atoms with Gasteiger partial charge in [0.05, 0.1) is 18.3 Å². The highest BCUT2D eigenvalue weighted by atomic mass is 35.5. The van der Waals surface area contributed by atoms with Crippen molar-refractivity contribution in [3.63, 3.8) is 0 Å². The summed E-state index contributed by atoms with van der Waals surface area (Å²) in [5, 5.41) is 5.19. The van der Waals surface area contributed by atoms with E-state index in [4.69, 9.17) is 49.0 Å². The summed E-state index contributed by atoms with van der Waals surface area (Å²) < 4.78 is 16.6. The van der Waals surface area contributed by atoms with Crippen LogP contribution in [0.4, 0.5) is 0 Å². The van der Waals surface area contributed by atoms with Crippen molar-refractivity contribution < 1.29 is 19.0 Å². The lowest BCUT2D eigenvalue weighted by molar-refractivity contribution is -0.123. The molecule has 0 bridgehead atoms. The first-order chi connectivity index (χ1) is 15.5. The molecule has 0 heterocycles. The highest BCUT2D eigenvalue weighted by molar-refractivity contribution is 6.42. The number of carbonyl (C=O) groups excluding carboxylic acids is 1. The lowest BCUT2D eigenvalue weighted by atomic mass is 10.2. The average molecular weight is 494 g/mol. The molecule has 0 fully saturated rings. The van der Waals surface area contributed by atoms with Crippen molar-refractivity contribution in [3.05, 3.63) is 86.9 Å². The second kappa shape index (κ2) is 11.6. The first-order valence-electron chi connectivity index (χ1n) is 9.40. The van der Waals surface area contributed by atoms with Crippen LogP contribution in [0.2, 0.25) is 15.1 Å². The number of rotatable bonds is 9. The molecular weight excluding hydrogens is 475 g/mol. The quantitative estimate of drug-likeness (QED) is 0.304. The van der Waals surface area contributed by atoms with E-state index in [0.29, 0.717) is 39.5 Å². The molecule has 0 spiro atoms. The van der Waals surface area contributed by atoms with E-state index < -0.39 is 5.91 Å². The maximum Gasteiger partial charge on any atom is 0.277 e. The minimum absolute atomic E-state index is 0.246. The molecule has 1 amide bonds. The van der Waals surface area contributed by atoms with Crippen molar-refractivity contribution >= 4 is 46.9 Å². The number of benzene rings is 3. The topological polar surface area (TPSA) is 69.2 Å². The SMILES string of the molecule is COc1cc(/C=N\NC(=O)COc2cccc(Cl)c2Cl)ccc1OCc1ccc(Cl)cc1. The molecule has 1 N–H and O–H groups in total. The van der Waals surface area contributed by atoms with E-state index >= 15 is 0 Å². The highest BCUT2D eigenvalue weighted by Gasteiger charge is 2.08. The molecule has 0 aliphatic carbocycles. The lowest BCUT2D eigenvalue weighted by Gasteiger charge is -2.11. The average Bonchev–Trinajstić information content (AvgIpc) is 2.80. The van der Waals surface area contributed by atoms with Crippen molar-refractivity contribution in [2.75, 3.05) is 13.7 Å². The van der Waals surface area contributed by atoms with Crippen molar-refractivity contribution in [2.24, 2.45) is 5.10 Å². The Kier molecular flexibility index (Phi) is 8.62. The summed E-state index contributed by atoms with van der Waals surface area (Å²) >= 11 is 17.8. The van der Waals surface area contributed by atoms with Gasteiger partial charge >= 0.3 is 0 Å². The van der Waals surface area contributed by atoms with Gasteiger partial charge in [0, 0.05) is 5.02 Å². The fourth-order valence-electron chi connectivity index (χ4n) is 2.58. The third kappa shape index (κ3) is 6.79. The van der Waals surface area contributed by atoms with Gasteiger partial charge in [-0.15, -0.1) is 0 Å². The van der Waals surface area contributed by atoms with Crippen LogP contribution in [0.15, 0.2) is 65.8 Å². The zero-order valence-electron chi connectivity index (χ0n) is 17.0. The number of halogens is 3. The predicted molar refractivity (Wildman–Crippen MR) is 126 cm³/mol. The van der Waals surface area contributed by atoms with Crippen LogP contribution in [0.3, 0.4) is 0 Å². The first-order valence-corrected chi connectivity index (χ1v) is 10.5. The first kappa shape index (κ1) is 23.7. The van der Waals surface area contributed by atoms with E-state index in [1.165, 1.54) is 6.21 Å². The van der Waals surface area contributed by atoms with Gasteiger partial charge in [-0.25, -0.2) is 5.43 Å². The molecule has 3 aromatic carbocycles. The second-order valence-electron chi connectivity index (χ2n) is 6.46. The van der Waals surface area contributed by atoms with E-state index in [2.05, 4.69) is 10.5 Å². The monoisotopic (exact) mass is 492 g/mol. The molecular formula is C23H19Cl3N2O4. The van der Waals surface area contributed by atoms with E-state index in [0.717, 1.165) is 5.56 Å². The van der Waals surface area contributed by atoms with Crippen molar-refractivity contribution in [1.29, 1.82) is 0 Å². The number of hydrazone groups is 1. The number of methoxy groups -OCH3 is 1. The Morgan fingerprint density at radius 1 is 0.969 bits per heavy atom. The second-order valence-corrected chi connectivity index (χ2v) is 7.68. The van der Waals surface area contributed by atoms with Gasteiger partial charge in [0.2, 0.25) is 0 Å². The van der Waals surface area contributed by atoms with Gasteiger partial charge in [-0.2, -0.15) is 5.10 Å². The Morgan fingerprint density at radius 2 is 1.75 bits per heavy atom. The van der Waals surface area contributed by atoms with E-state index in [1.807, 2.05) is 12.1 Å². The molecule has 0 aliphatic heterocycles. The molecule has 0 saturated carbocycles. The van der Waals surface area contributed by atoms with Crippen LogP contribution < -0.4 is 19.6 Å². The van der Waals surface area contributed by atoms with Crippen LogP contribution >= 0.6 is 34.8 Å². The summed E-state index contributed by atoms with van der Waals surface area (Å²) in [4.78, 5) is 11.9. The molecule has 3 rings (SSSR count). The van der Waals surface area contributed by atoms with Gasteiger partial charge in [0.25, 0.3) is 5.91 Å². The zero-order valence-corrected chi connectivity index (χ0v) is 19.2. The van der Waals surface area contributed by atoms with E-state index in [-0.39, 0.29) is 11.6 Å². The van der Waals surface area contributed by atoms with Crippen LogP contribution in [0.1, 0.15) is 11.1 Å². The maximum absolute atomic E-state index is 11.9. The van der Waals surface area contributed by atoms with Crippen LogP contribution in [0.25, 0.3) is 0 Å². The van der Waals surface area contributed by atoms with Crippen LogP contribution in [0.5, 0.6) is 17.2 Å². The summed E-state index contributed by atoms with van der Waals surface area (Å²) in [6.07, 6.45) is 1.48. The van der Waals surface area contributed by atoms with Crippen LogP contribution in [0, 0.1) is 0 Å². The third-order valence-electron chi connectivity index (χ3n) is 4.17. The Bertz CT molecular complexity index is 1100. The van der Waals surface area contributed by atoms with E-state index in [1.54, 1.807) is 55.6 Å². The molecule has 0 radical (unpaired) electrons. The number of amides is 1. The highest BCUT2D eigenvalue weighted by Crippen LogP contribution is 2.31. The van der Waals surface area contributed by atoms with Gasteiger partial charge in [0.1, 0.15) is 17.4 Å². The smallest absolute Gasteiger partial charge is 0.277 e. The Labute approximate surface area is 200 Å². The molecule has 0 aliphatic rings. The number of carbonyl (C=O) groups is 1. The Morgan fingerprint density at radius 3 is 2.50 bits per heavy atom. The van der Waals surface area contributed by atoms with Crippen molar-refractivity contribution in [1.82, 2.24) is 5.43 Å². The molecule has 32 heavy (non-hydrogen) atoms. The van der Waals surface area contributed by atoms with Crippen molar-refractivity contribution in [3.8, 4) is 17.2 Å². The van der Waals surface area contributed by atoms with E-state index in [9.17, 15) is 4.79 Å². The number of nitrogens with zero attached hydrogens (tertiary/aromatic N) is 1. The molecule has 3 aromatic rings. The summed E-state index contributed by atoms with van der Waals surface area (Å²) in [5.74, 6) is 0.980. The molecule has 0 unspecified atom stereocenters. The number of hydrogen-bond donors (Lipinski definition) is 1. The van der Waals surface area contributed by atoms with Crippen molar-refractivity contribution in [2.45, 2.75) is 6.61 Å². The molecule has 9 heteroatoms. The summed E-state index contributed by atoms with van der Waals surface area (Å²) in [5.41, 5.74) is 4.07. The van der Waals surface area contributed by atoms with Gasteiger partial charge in [-0.05, 0) is 53.6 Å². The normalized spacial score (nSPS) is 10.8. The molecule has 0 saturated heterocycles. The number of nitrogens with one attached hydrogen (secondary N) is 1. The summed E-state index contributed by atoms with van der Waals surface area (Å²) in [7, 11) is 1.55. The fourth-order valence-corrected chi connectivity index (χ4v) is 3.05. The molecule has 0 aromatic heterocycles. The number of ether oxygens (including phenoxy) is 3. The lowest BCUT2D eigenvalue weighted by Crippen LogP contribution is -2.24. The predicted octanol–water partition coefficient (Wildman–Crippen LogP) is 5.76. The molecule has 0 atom stereocenters. The molecule has 6 nitrogen and oxygen atoms in total. The Hall–Kier alpha value is -2.93. The summed E-state index contributed by atoms with van der Waals surface area (Å²) in [6, 6.07) is 17.6. The minimum atomic E-state index is -0.452. The van der Waals surface area contributed by atoms with Crippen LogP contribution in [-0.4, -0.2) is 25.8 Å². The number of hydrogen-bond acceptors (Lipinski definition) is 5. The largest absolute Gasteiger partial charge is 0.493 e. The minimum Gasteiger partial charge on any atom is -0.493 e. The van der Waals surface area contributed by atoms with Gasteiger partial charge in [-0.1, -0.05) is 53.0 Å². The third-order valence-corrected chi connectivity index (χ3v) is 5.23. The zero-order chi connectivity index (χ0) is 22.9. The Balaban J connectivity index is 1.53. The summed E-state index contributed by atoms with van der Waals surface area (Å²) in [6.45, 7) is 0.103. The van der Waals surface area contributed by atoms with Gasteiger partial charge < -0.3 is 14.2 Å². The van der Waals surface area contributed by atoms with Gasteiger partial charge in [0.15, 0.2) is 18.1 Å².